The van der Waals surface area contributed by atoms with Crippen LogP contribution in [0.15, 0.2) is 23.1 Å². The summed E-state index contributed by atoms with van der Waals surface area (Å²) in [5.41, 5.74) is 0. The van der Waals surface area contributed by atoms with Crippen LogP contribution in [0.2, 0.25) is 0 Å². The van der Waals surface area contributed by atoms with Gasteiger partial charge < -0.3 is 9.47 Å². The summed E-state index contributed by atoms with van der Waals surface area (Å²) < 4.78 is 22.2. The molecule has 0 bridgehead atoms. The van der Waals surface area contributed by atoms with Crippen LogP contribution in [0.5, 0.6) is 11.5 Å². The molecule has 0 atom stereocenters. The van der Waals surface area contributed by atoms with Crippen molar-refractivity contribution in [3.63, 3.8) is 0 Å². The van der Waals surface area contributed by atoms with E-state index in [1.807, 2.05) is 18.2 Å². The summed E-state index contributed by atoms with van der Waals surface area (Å²) in [6.07, 6.45) is 0. The van der Waals surface area contributed by atoms with Crippen molar-refractivity contribution in [2.75, 3.05) is 26.6 Å². The molecule has 0 fully saturated rings. The molecule has 0 amide bonds. The Labute approximate surface area is 87.4 Å². The molecule has 1 aromatic rings. The molecule has 0 unspecified atom stereocenters. The van der Waals surface area contributed by atoms with Crippen molar-refractivity contribution >= 4 is 11.8 Å². The number of hydrogen-bond donors (Lipinski definition) is 0. The van der Waals surface area contributed by atoms with Crippen LogP contribution in [0.4, 0.5) is 4.39 Å². The summed E-state index contributed by atoms with van der Waals surface area (Å²) in [5.74, 6) is 1.94. The predicted octanol–water partition coefficient (Wildman–Crippen LogP) is 2.77. The van der Waals surface area contributed by atoms with Crippen molar-refractivity contribution in [1.82, 2.24) is 0 Å². The molecule has 78 valence electrons. The van der Waals surface area contributed by atoms with Crippen LogP contribution >= 0.6 is 11.8 Å². The Morgan fingerprint density at radius 1 is 1.29 bits per heavy atom. The number of halogens is 1. The van der Waals surface area contributed by atoms with E-state index in [-0.39, 0.29) is 6.67 Å². The fourth-order valence-corrected chi connectivity index (χ4v) is 1.84. The molecule has 14 heavy (non-hydrogen) atoms. The quantitative estimate of drug-likeness (QED) is 0.705. The smallest absolute Gasteiger partial charge is 0.132 e. The number of thioether (sulfide) groups is 1. The van der Waals surface area contributed by atoms with E-state index in [0.717, 1.165) is 16.4 Å². The highest BCUT2D eigenvalue weighted by atomic mass is 32.2. The highest BCUT2D eigenvalue weighted by Gasteiger charge is 2.04. The van der Waals surface area contributed by atoms with Crippen LogP contribution in [0.3, 0.4) is 0 Å². The Morgan fingerprint density at radius 3 is 2.64 bits per heavy atom. The van der Waals surface area contributed by atoms with Gasteiger partial charge in [0.05, 0.1) is 25.8 Å². The molecule has 0 aromatic heterocycles. The average molecular weight is 216 g/mol. The van der Waals surface area contributed by atoms with Crippen molar-refractivity contribution in [1.29, 1.82) is 0 Å². The summed E-state index contributed by atoms with van der Waals surface area (Å²) in [7, 11) is 3.20. The zero-order valence-electron chi connectivity index (χ0n) is 8.25. The van der Waals surface area contributed by atoms with Crippen LogP contribution in [0, 0.1) is 0 Å². The van der Waals surface area contributed by atoms with E-state index >= 15 is 0 Å². The van der Waals surface area contributed by atoms with Gasteiger partial charge in [-0.1, -0.05) is 0 Å². The minimum Gasteiger partial charge on any atom is -0.497 e. The van der Waals surface area contributed by atoms with Crippen LogP contribution in [0.25, 0.3) is 0 Å². The summed E-state index contributed by atoms with van der Waals surface area (Å²) in [6, 6.07) is 5.48. The maximum Gasteiger partial charge on any atom is 0.132 e. The van der Waals surface area contributed by atoms with Crippen LogP contribution in [-0.2, 0) is 0 Å². The zero-order chi connectivity index (χ0) is 10.4. The van der Waals surface area contributed by atoms with Gasteiger partial charge >= 0.3 is 0 Å². The molecule has 0 spiro atoms. The van der Waals surface area contributed by atoms with Crippen molar-refractivity contribution in [2.24, 2.45) is 0 Å². The highest BCUT2D eigenvalue weighted by molar-refractivity contribution is 7.99. The van der Waals surface area contributed by atoms with Crippen LogP contribution < -0.4 is 9.47 Å². The van der Waals surface area contributed by atoms with Crippen molar-refractivity contribution in [3.8, 4) is 11.5 Å². The minimum absolute atomic E-state index is 0.342. The number of rotatable bonds is 5. The van der Waals surface area contributed by atoms with Gasteiger partial charge in [0, 0.05) is 5.75 Å². The maximum atomic E-state index is 12.0. The molecular weight excluding hydrogens is 203 g/mol. The number of benzene rings is 1. The van der Waals surface area contributed by atoms with Crippen molar-refractivity contribution in [2.45, 2.75) is 4.90 Å². The van der Waals surface area contributed by atoms with Gasteiger partial charge in [-0.25, -0.2) is 0 Å². The fourth-order valence-electron chi connectivity index (χ4n) is 1.05. The van der Waals surface area contributed by atoms with Gasteiger partial charge in [0.1, 0.15) is 11.5 Å². The van der Waals surface area contributed by atoms with Gasteiger partial charge in [-0.05, 0) is 18.2 Å². The largest absolute Gasteiger partial charge is 0.497 e. The second-order valence-corrected chi connectivity index (χ2v) is 3.69. The van der Waals surface area contributed by atoms with E-state index < -0.39 is 0 Å². The lowest BCUT2D eigenvalue weighted by atomic mass is 10.3. The van der Waals surface area contributed by atoms with E-state index in [0.29, 0.717) is 5.75 Å². The third kappa shape index (κ3) is 2.80. The predicted molar refractivity (Wildman–Crippen MR) is 56.2 cm³/mol. The number of alkyl halides is 1. The lowest BCUT2D eigenvalue weighted by Crippen LogP contribution is -1.90. The van der Waals surface area contributed by atoms with E-state index in [1.54, 1.807) is 14.2 Å². The molecule has 0 heterocycles. The first-order valence-corrected chi connectivity index (χ1v) is 5.21. The molecule has 1 rings (SSSR count). The minimum atomic E-state index is -0.342. The second kappa shape index (κ2) is 5.75. The third-order valence-corrected chi connectivity index (χ3v) is 2.69. The summed E-state index contributed by atoms with van der Waals surface area (Å²) >= 11 is 1.42. The molecule has 0 radical (unpaired) electrons. The lowest BCUT2D eigenvalue weighted by molar-refractivity contribution is 0.394. The lowest BCUT2D eigenvalue weighted by Gasteiger charge is -2.08. The van der Waals surface area contributed by atoms with Crippen LogP contribution in [0.1, 0.15) is 0 Å². The molecule has 0 saturated carbocycles. The van der Waals surface area contributed by atoms with Crippen molar-refractivity contribution < 1.29 is 13.9 Å². The molecular formula is C10H13FO2S. The van der Waals surface area contributed by atoms with Gasteiger partial charge in [0.15, 0.2) is 0 Å². The Kier molecular flexibility index (Phi) is 4.59. The molecule has 0 aliphatic carbocycles. The second-order valence-electron chi connectivity index (χ2n) is 2.55. The number of hydrogen-bond acceptors (Lipinski definition) is 3. The summed E-state index contributed by atoms with van der Waals surface area (Å²) in [4.78, 5) is 0.907. The standard InChI is InChI=1S/C10H13FO2S/c1-12-8-3-4-9(13-2)10(7-8)14-6-5-11/h3-4,7H,5-6H2,1-2H3. The van der Waals surface area contributed by atoms with Gasteiger partial charge in [0.25, 0.3) is 0 Å². The number of ether oxygens (including phenoxy) is 2. The summed E-state index contributed by atoms with van der Waals surface area (Å²) in [5, 5.41) is 0. The van der Waals surface area contributed by atoms with Gasteiger partial charge in [-0.15, -0.1) is 11.8 Å². The summed E-state index contributed by atoms with van der Waals surface area (Å²) in [6.45, 7) is -0.342. The van der Waals surface area contributed by atoms with E-state index in [4.69, 9.17) is 9.47 Å². The average Bonchev–Trinajstić information content (AvgIpc) is 2.25. The molecule has 2 nitrogen and oxygen atoms in total. The molecule has 0 saturated heterocycles. The number of methoxy groups -OCH3 is 2. The Balaban J connectivity index is 2.84. The Hall–Kier alpha value is -0.900. The Bertz CT molecular complexity index is 291. The van der Waals surface area contributed by atoms with Gasteiger partial charge in [-0.2, -0.15) is 0 Å². The molecule has 0 aliphatic heterocycles. The molecule has 0 N–H and O–H groups in total. The normalized spacial score (nSPS) is 9.93. The highest BCUT2D eigenvalue weighted by Crippen LogP contribution is 2.32. The fraction of sp³-hybridized carbons (Fsp3) is 0.400. The first-order chi connectivity index (χ1) is 6.81. The van der Waals surface area contributed by atoms with E-state index in [1.165, 1.54) is 11.8 Å². The third-order valence-electron chi connectivity index (χ3n) is 1.71. The van der Waals surface area contributed by atoms with Gasteiger partial charge in [-0.3, -0.25) is 4.39 Å². The van der Waals surface area contributed by atoms with Crippen LogP contribution in [-0.4, -0.2) is 26.6 Å². The first-order valence-electron chi connectivity index (χ1n) is 4.22. The SMILES string of the molecule is COc1ccc(OC)c(SCCF)c1. The van der Waals surface area contributed by atoms with Gasteiger partial charge in [0.2, 0.25) is 0 Å². The molecule has 1 aromatic carbocycles. The van der Waals surface area contributed by atoms with E-state index in [9.17, 15) is 4.39 Å². The van der Waals surface area contributed by atoms with E-state index in [2.05, 4.69) is 0 Å². The molecule has 0 aliphatic rings. The maximum absolute atomic E-state index is 12.0. The topological polar surface area (TPSA) is 18.5 Å². The first kappa shape index (κ1) is 11.2. The van der Waals surface area contributed by atoms with Crippen molar-refractivity contribution in [3.05, 3.63) is 18.2 Å². The zero-order valence-corrected chi connectivity index (χ0v) is 9.07. The monoisotopic (exact) mass is 216 g/mol. The Morgan fingerprint density at radius 2 is 2.07 bits per heavy atom. The molecule has 4 heteroatoms.